The predicted molar refractivity (Wildman–Crippen MR) is 117 cm³/mol. The summed E-state index contributed by atoms with van der Waals surface area (Å²) in [4.78, 5) is 7.75. The largest absolute Gasteiger partial charge is 0.455 e. The van der Waals surface area contributed by atoms with Crippen molar-refractivity contribution in [2.24, 2.45) is 5.10 Å². The summed E-state index contributed by atoms with van der Waals surface area (Å²) in [7, 11) is 0. The lowest BCUT2D eigenvalue weighted by atomic mass is 10.1. The number of aromatic amines is 1. The van der Waals surface area contributed by atoms with Crippen LogP contribution in [-0.4, -0.2) is 26.4 Å². The minimum atomic E-state index is 0.303. The van der Waals surface area contributed by atoms with Gasteiger partial charge in [-0.15, -0.1) is 10.2 Å². The van der Waals surface area contributed by atoms with E-state index in [1.54, 1.807) is 6.21 Å². The highest BCUT2D eigenvalue weighted by Gasteiger charge is 2.10. The van der Waals surface area contributed by atoms with Gasteiger partial charge in [-0.25, -0.2) is 5.43 Å². The summed E-state index contributed by atoms with van der Waals surface area (Å²) in [6.45, 7) is 2.04. The normalized spacial score (nSPS) is 11.7. The standard InChI is InChI=1S/C21H15BrN6O/c1-12-3-2-4-16-18(12)24-20-19(16)26-28-21(25-20)27-23-11-15-9-10-17(29-15)13-5-7-14(22)8-6-13/h2-11H,1H3,(H2,24,25,27,28)/b23-11-. The van der Waals surface area contributed by atoms with Crippen molar-refractivity contribution in [1.29, 1.82) is 0 Å². The average molecular weight is 447 g/mol. The monoisotopic (exact) mass is 446 g/mol. The molecule has 2 N–H and O–H groups in total. The SMILES string of the molecule is Cc1cccc2c1[nH]c1nc(N/N=C\c3ccc(-c4ccc(Br)cc4)o3)nnc12. The van der Waals surface area contributed by atoms with E-state index in [9.17, 15) is 0 Å². The molecule has 0 spiro atoms. The molecule has 0 saturated carbocycles. The van der Waals surface area contributed by atoms with E-state index in [1.807, 2.05) is 61.5 Å². The summed E-state index contributed by atoms with van der Waals surface area (Å²) in [5, 5.41) is 13.6. The summed E-state index contributed by atoms with van der Waals surface area (Å²) in [5.74, 6) is 1.69. The molecule has 7 nitrogen and oxygen atoms in total. The molecular weight excluding hydrogens is 432 g/mol. The molecule has 3 aromatic heterocycles. The topological polar surface area (TPSA) is 92.0 Å². The molecule has 2 aromatic carbocycles. The van der Waals surface area contributed by atoms with E-state index < -0.39 is 0 Å². The third-order valence-corrected chi connectivity index (χ3v) is 5.10. The van der Waals surface area contributed by atoms with Crippen LogP contribution in [0, 0.1) is 6.92 Å². The fourth-order valence-electron chi connectivity index (χ4n) is 3.14. The number of furan rings is 1. The van der Waals surface area contributed by atoms with Gasteiger partial charge in [0.25, 0.3) is 5.95 Å². The van der Waals surface area contributed by atoms with Crippen molar-refractivity contribution in [1.82, 2.24) is 20.2 Å². The number of aromatic nitrogens is 4. The van der Waals surface area contributed by atoms with Crippen LogP contribution in [0.15, 0.2) is 68.6 Å². The van der Waals surface area contributed by atoms with Gasteiger partial charge in [0.1, 0.15) is 17.0 Å². The zero-order chi connectivity index (χ0) is 19.8. The average Bonchev–Trinajstić information content (AvgIpc) is 3.34. The van der Waals surface area contributed by atoms with E-state index in [2.05, 4.69) is 46.6 Å². The Morgan fingerprint density at radius 2 is 1.93 bits per heavy atom. The van der Waals surface area contributed by atoms with Crippen LogP contribution in [0.2, 0.25) is 0 Å². The maximum Gasteiger partial charge on any atom is 0.265 e. The first-order chi connectivity index (χ1) is 14.2. The summed E-state index contributed by atoms with van der Waals surface area (Å²) in [5.41, 5.74) is 7.34. The molecule has 142 valence electrons. The number of nitrogens with one attached hydrogen (secondary N) is 2. The van der Waals surface area contributed by atoms with Crippen molar-refractivity contribution >= 4 is 50.2 Å². The molecule has 8 heteroatoms. The number of H-pyrrole nitrogens is 1. The number of benzene rings is 2. The van der Waals surface area contributed by atoms with Crippen LogP contribution in [0.25, 0.3) is 33.4 Å². The van der Waals surface area contributed by atoms with Crippen LogP contribution < -0.4 is 5.43 Å². The minimum absolute atomic E-state index is 0.303. The van der Waals surface area contributed by atoms with Crippen molar-refractivity contribution in [3.63, 3.8) is 0 Å². The highest BCUT2D eigenvalue weighted by molar-refractivity contribution is 9.10. The minimum Gasteiger partial charge on any atom is -0.455 e. The Morgan fingerprint density at radius 3 is 2.79 bits per heavy atom. The van der Waals surface area contributed by atoms with Gasteiger partial charge in [-0.3, -0.25) is 0 Å². The molecule has 0 saturated heterocycles. The Labute approximate surface area is 174 Å². The second-order valence-corrected chi connectivity index (χ2v) is 7.45. The summed E-state index contributed by atoms with van der Waals surface area (Å²) in [6.07, 6.45) is 1.57. The number of fused-ring (bicyclic) bond motifs is 3. The number of para-hydroxylation sites is 1. The third-order valence-electron chi connectivity index (χ3n) is 4.57. The zero-order valence-electron chi connectivity index (χ0n) is 15.3. The van der Waals surface area contributed by atoms with E-state index in [0.717, 1.165) is 37.8 Å². The first kappa shape index (κ1) is 17.6. The van der Waals surface area contributed by atoms with Crippen LogP contribution in [-0.2, 0) is 0 Å². The fraction of sp³-hybridized carbons (Fsp3) is 0.0476. The number of hydrazone groups is 1. The van der Waals surface area contributed by atoms with Gasteiger partial charge in [-0.1, -0.05) is 46.3 Å². The van der Waals surface area contributed by atoms with E-state index in [0.29, 0.717) is 17.4 Å². The Morgan fingerprint density at radius 1 is 1.07 bits per heavy atom. The van der Waals surface area contributed by atoms with Crippen molar-refractivity contribution in [3.05, 3.63) is 70.4 Å². The number of aryl methyl sites for hydroxylation is 1. The fourth-order valence-corrected chi connectivity index (χ4v) is 3.40. The molecule has 0 unspecified atom stereocenters. The summed E-state index contributed by atoms with van der Waals surface area (Å²) < 4.78 is 6.83. The lowest BCUT2D eigenvalue weighted by Gasteiger charge is -1.97. The van der Waals surface area contributed by atoms with Crippen molar-refractivity contribution in [3.8, 4) is 11.3 Å². The molecule has 0 atom stereocenters. The van der Waals surface area contributed by atoms with Gasteiger partial charge in [-0.05, 0) is 36.8 Å². The number of hydrogen-bond acceptors (Lipinski definition) is 6. The molecule has 29 heavy (non-hydrogen) atoms. The molecule has 0 amide bonds. The van der Waals surface area contributed by atoms with E-state index in [1.165, 1.54) is 0 Å². The number of anilines is 1. The molecule has 0 aliphatic heterocycles. The predicted octanol–water partition coefficient (Wildman–Crippen LogP) is 5.28. The van der Waals surface area contributed by atoms with Gasteiger partial charge in [0.2, 0.25) is 0 Å². The lowest BCUT2D eigenvalue weighted by molar-refractivity contribution is 0.575. The molecule has 0 radical (unpaired) electrons. The smallest absolute Gasteiger partial charge is 0.265 e. The van der Waals surface area contributed by atoms with E-state index in [-0.39, 0.29) is 0 Å². The molecule has 0 aliphatic rings. The quantitative estimate of drug-likeness (QED) is 0.289. The molecule has 0 bridgehead atoms. The Kier molecular flexibility index (Phi) is 4.33. The second-order valence-electron chi connectivity index (χ2n) is 6.53. The first-order valence-electron chi connectivity index (χ1n) is 8.94. The van der Waals surface area contributed by atoms with E-state index in [4.69, 9.17) is 4.42 Å². The highest BCUT2D eigenvalue weighted by atomic mass is 79.9. The van der Waals surface area contributed by atoms with Crippen molar-refractivity contribution < 1.29 is 4.42 Å². The van der Waals surface area contributed by atoms with Gasteiger partial charge in [0, 0.05) is 15.4 Å². The molecule has 0 fully saturated rings. The van der Waals surface area contributed by atoms with Crippen LogP contribution in [0.3, 0.4) is 0 Å². The highest BCUT2D eigenvalue weighted by Crippen LogP contribution is 2.25. The van der Waals surface area contributed by atoms with Crippen LogP contribution >= 0.6 is 15.9 Å². The Balaban J connectivity index is 1.35. The van der Waals surface area contributed by atoms with E-state index >= 15 is 0 Å². The molecular formula is C21H15BrN6O. The molecule has 0 aliphatic carbocycles. The third kappa shape index (κ3) is 3.38. The van der Waals surface area contributed by atoms with Crippen molar-refractivity contribution in [2.75, 3.05) is 5.43 Å². The Hall–Kier alpha value is -3.52. The summed E-state index contributed by atoms with van der Waals surface area (Å²) >= 11 is 3.43. The van der Waals surface area contributed by atoms with Crippen molar-refractivity contribution in [2.45, 2.75) is 6.92 Å². The molecule has 3 heterocycles. The van der Waals surface area contributed by atoms with Gasteiger partial charge >= 0.3 is 0 Å². The maximum absolute atomic E-state index is 5.80. The van der Waals surface area contributed by atoms with Crippen LogP contribution in [0.4, 0.5) is 5.95 Å². The molecule has 5 rings (SSSR count). The number of hydrogen-bond donors (Lipinski definition) is 2. The summed E-state index contributed by atoms with van der Waals surface area (Å²) in [6, 6.07) is 17.7. The number of rotatable bonds is 4. The van der Waals surface area contributed by atoms with Gasteiger partial charge in [0.15, 0.2) is 5.65 Å². The van der Waals surface area contributed by atoms with Crippen LogP contribution in [0.5, 0.6) is 0 Å². The Bertz CT molecular complexity index is 1350. The van der Waals surface area contributed by atoms with Crippen LogP contribution in [0.1, 0.15) is 11.3 Å². The molecule has 5 aromatic rings. The number of halogens is 1. The zero-order valence-corrected chi connectivity index (χ0v) is 16.9. The number of nitrogens with zero attached hydrogens (tertiary/aromatic N) is 4. The van der Waals surface area contributed by atoms with Gasteiger partial charge < -0.3 is 9.40 Å². The maximum atomic E-state index is 5.80. The lowest BCUT2D eigenvalue weighted by Crippen LogP contribution is -1.98. The first-order valence-corrected chi connectivity index (χ1v) is 9.73. The second kappa shape index (κ2) is 7.14. The van der Waals surface area contributed by atoms with Gasteiger partial charge in [-0.2, -0.15) is 10.1 Å². The van der Waals surface area contributed by atoms with Gasteiger partial charge in [0.05, 0.1) is 11.7 Å².